The molecule has 8 nitrogen and oxygen atoms in total. The van der Waals surface area contributed by atoms with Crippen molar-refractivity contribution in [2.24, 2.45) is 11.8 Å². The molecule has 30 heavy (non-hydrogen) atoms. The zero-order valence-corrected chi connectivity index (χ0v) is 18.8. The lowest BCUT2D eigenvalue weighted by Crippen LogP contribution is -2.43. The number of nitrogens with zero attached hydrogens (tertiary/aromatic N) is 1. The Morgan fingerprint density at radius 1 is 1.30 bits per heavy atom. The van der Waals surface area contributed by atoms with E-state index >= 15 is 0 Å². The van der Waals surface area contributed by atoms with Crippen LogP contribution < -0.4 is 15.4 Å². The minimum atomic E-state index is -3.73. The third kappa shape index (κ3) is 4.78. The van der Waals surface area contributed by atoms with E-state index < -0.39 is 16.1 Å². The van der Waals surface area contributed by atoms with Crippen molar-refractivity contribution < 1.29 is 22.7 Å². The van der Waals surface area contributed by atoms with Crippen LogP contribution in [0, 0.1) is 18.8 Å². The maximum atomic E-state index is 13.2. The van der Waals surface area contributed by atoms with Gasteiger partial charge in [-0.1, -0.05) is 13.8 Å². The Labute approximate surface area is 178 Å². The average Bonchev–Trinajstić information content (AvgIpc) is 2.68. The van der Waals surface area contributed by atoms with E-state index in [0.29, 0.717) is 55.4 Å². The number of ether oxygens (including phenoxy) is 1. The first-order valence-corrected chi connectivity index (χ1v) is 11.9. The van der Waals surface area contributed by atoms with Gasteiger partial charge < -0.3 is 15.4 Å². The fourth-order valence-corrected chi connectivity index (χ4v) is 5.44. The number of carbonyl (C=O) groups is 2. The number of fused-ring (bicyclic) bond motifs is 1. The summed E-state index contributed by atoms with van der Waals surface area (Å²) in [5.41, 5.74) is 1.02. The summed E-state index contributed by atoms with van der Waals surface area (Å²) >= 11 is 0. The van der Waals surface area contributed by atoms with Gasteiger partial charge in [0.2, 0.25) is 15.9 Å². The second kappa shape index (κ2) is 8.93. The molecule has 1 aromatic carbocycles. The number of carbonyl (C=O) groups excluding carboxylic acids is 2. The maximum Gasteiger partial charge on any atom is 0.265 e. The molecule has 1 fully saturated rings. The molecule has 0 aromatic heterocycles. The van der Waals surface area contributed by atoms with Crippen LogP contribution in [0.5, 0.6) is 5.75 Å². The van der Waals surface area contributed by atoms with E-state index in [1.165, 1.54) is 10.4 Å². The minimum absolute atomic E-state index is 0.00999. The standard InChI is InChI=1S/C21H31N3O5S/c1-13(2)5-8-22-21(26)16-6-9-24(10-7-16)30(27,28)19-12-18-17(11-14(19)3)23-20(25)15(4)29-18/h11-13,15-16H,5-10H2,1-4H3,(H,22,26)(H,23,25). The molecule has 2 heterocycles. The Morgan fingerprint density at radius 2 is 1.97 bits per heavy atom. The van der Waals surface area contributed by atoms with Crippen LogP contribution in [0.25, 0.3) is 0 Å². The molecule has 1 saturated heterocycles. The van der Waals surface area contributed by atoms with E-state index in [4.69, 9.17) is 4.74 Å². The van der Waals surface area contributed by atoms with E-state index in [1.807, 2.05) is 0 Å². The molecule has 0 radical (unpaired) electrons. The normalized spacial score (nSPS) is 20.4. The number of nitrogens with one attached hydrogen (secondary N) is 2. The summed E-state index contributed by atoms with van der Waals surface area (Å²) in [5, 5.41) is 5.70. The van der Waals surface area contributed by atoms with Gasteiger partial charge in [0, 0.05) is 31.6 Å². The van der Waals surface area contributed by atoms with Gasteiger partial charge in [-0.3, -0.25) is 9.59 Å². The van der Waals surface area contributed by atoms with Gasteiger partial charge in [-0.05, 0) is 50.7 Å². The number of anilines is 1. The quantitative estimate of drug-likeness (QED) is 0.710. The molecular weight excluding hydrogens is 406 g/mol. The number of amides is 2. The van der Waals surface area contributed by atoms with Gasteiger partial charge >= 0.3 is 0 Å². The van der Waals surface area contributed by atoms with Gasteiger partial charge in [-0.25, -0.2) is 8.42 Å². The van der Waals surface area contributed by atoms with Crippen molar-refractivity contribution in [3.63, 3.8) is 0 Å². The van der Waals surface area contributed by atoms with E-state index in [-0.39, 0.29) is 22.6 Å². The highest BCUT2D eigenvalue weighted by molar-refractivity contribution is 7.89. The van der Waals surface area contributed by atoms with Crippen LogP contribution in [0.4, 0.5) is 5.69 Å². The molecule has 2 amide bonds. The summed E-state index contributed by atoms with van der Waals surface area (Å²) in [6.45, 7) is 8.79. The first kappa shape index (κ1) is 22.6. The third-order valence-corrected chi connectivity index (χ3v) is 7.71. The largest absolute Gasteiger partial charge is 0.479 e. The number of hydrogen-bond acceptors (Lipinski definition) is 5. The molecule has 0 aliphatic carbocycles. The van der Waals surface area contributed by atoms with Crippen LogP contribution in [0.3, 0.4) is 0 Å². The molecule has 2 aliphatic rings. The molecular formula is C21H31N3O5S. The monoisotopic (exact) mass is 437 g/mol. The summed E-state index contributed by atoms with van der Waals surface area (Å²) in [5.74, 6) is 0.470. The van der Waals surface area contributed by atoms with Crippen molar-refractivity contribution in [1.29, 1.82) is 0 Å². The van der Waals surface area contributed by atoms with Gasteiger partial charge in [0.05, 0.1) is 10.6 Å². The molecule has 2 aliphatic heterocycles. The van der Waals surface area contributed by atoms with Crippen molar-refractivity contribution in [3.8, 4) is 5.75 Å². The second-order valence-electron chi connectivity index (χ2n) is 8.52. The highest BCUT2D eigenvalue weighted by Crippen LogP contribution is 2.36. The number of aryl methyl sites for hydroxylation is 1. The van der Waals surface area contributed by atoms with Crippen molar-refractivity contribution in [2.75, 3.05) is 25.0 Å². The lowest BCUT2D eigenvalue weighted by atomic mass is 9.97. The lowest BCUT2D eigenvalue weighted by molar-refractivity contribution is -0.126. The average molecular weight is 438 g/mol. The van der Waals surface area contributed by atoms with Gasteiger partial charge in [0.25, 0.3) is 5.91 Å². The van der Waals surface area contributed by atoms with E-state index in [9.17, 15) is 18.0 Å². The number of rotatable bonds is 6. The van der Waals surface area contributed by atoms with Crippen LogP contribution >= 0.6 is 0 Å². The highest BCUT2D eigenvalue weighted by atomic mass is 32.2. The minimum Gasteiger partial charge on any atom is -0.479 e. The van der Waals surface area contributed by atoms with Crippen LogP contribution in [-0.4, -0.2) is 50.3 Å². The lowest BCUT2D eigenvalue weighted by Gasteiger charge is -2.31. The van der Waals surface area contributed by atoms with E-state index in [0.717, 1.165) is 6.42 Å². The number of piperidine rings is 1. The first-order valence-electron chi connectivity index (χ1n) is 10.5. The van der Waals surface area contributed by atoms with E-state index in [2.05, 4.69) is 24.5 Å². The number of benzene rings is 1. The van der Waals surface area contributed by atoms with Crippen LogP contribution in [0.2, 0.25) is 0 Å². The molecule has 1 aromatic rings. The molecule has 1 unspecified atom stereocenters. The van der Waals surface area contributed by atoms with Crippen LogP contribution in [-0.2, 0) is 19.6 Å². The SMILES string of the molecule is Cc1cc2c(cc1S(=O)(=O)N1CCC(C(=O)NCCC(C)C)CC1)OC(C)C(=O)N2. The summed E-state index contributed by atoms with van der Waals surface area (Å²) in [7, 11) is -3.73. The molecule has 166 valence electrons. The number of hydrogen-bond donors (Lipinski definition) is 2. The smallest absolute Gasteiger partial charge is 0.265 e. The summed E-state index contributed by atoms with van der Waals surface area (Å²) in [6, 6.07) is 3.11. The summed E-state index contributed by atoms with van der Waals surface area (Å²) < 4.78 is 33.5. The van der Waals surface area contributed by atoms with Gasteiger partial charge in [0.15, 0.2) is 6.10 Å². The molecule has 0 spiro atoms. The molecule has 2 N–H and O–H groups in total. The molecule has 9 heteroatoms. The van der Waals surface area contributed by atoms with E-state index in [1.54, 1.807) is 19.9 Å². The molecule has 0 bridgehead atoms. The fourth-order valence-electron chi connectivity index (χ4n) is 3.75. The Balaban J connectivity index is 1.68. The predicted molar refractivity (Wildman–Crippen MR) is 114 cm³/mol. The highest BCUT2D eigenvalue weighted by Gasteiger charge is 2.34. The second-order valence-corrected chi connectivity index (χ2v) is 10.4. The molecule has 1 atom stereocenters. The number of sulfonamides is 1. The molecule has 3 rings (SSSR count). The topological polar surface area (TPSA) is 105 Å². The summed E-state index contributed by atoms with van der Waals surface area (Å²) in [6.07, 6.45) is 1.25. The zero-order valence-electron chi connectivity index (χ0n) is 18.0. The summed E-state index contributed by atoms with van der Waals surface area (Å²) in [4.78, 5) is 24.3. The van der Waals surface area contributed by atoms with Gasteiger partial charge in [-0.15, -0.1) is 0 Å². The Morgan fingerprint density at radius 3 is 2.60 bits per heavy atom. The Bertz CT molecular complexity index is 921. The Kier molecular flexibility index (Phi) is 6.71. The van der Waals surface area contributed by atoms with Crippen molar-refractivity contribution >= 4 is 27.5 Å². The van der Waals surface area contributed by atoms with Crippen LogP contribution in [0.1, 0.15) is 45.6 Å². The Hall–Kier alpha value is -2.13. The first-order chi connectivity index (χ1) is 14.1. The zero-order chi connectivity index (χ0) is 22.1. The fraction of sp³-hybridized carbons (Fsp3) is 0.619. The van der Waals surface area contributed by atoms with Crippen molar-refractivity contribution in [3.05, 3.63) is 17.7 Å². The van der Waals surface area contributed by atoms with Crippen molar-refractivity contribution in [1.82, 2.24) is 9.62 Å². The maximum absolute atomic E-state index is 13.2. The molecule has 0 saturated carbocycles. The van der Waals surface area contributed by atoms with Gasteiger partial charge in [-0.2, -0.15) is 4.31 Å². The van der Waals surface area contributed by atoms with Crippen molar-refractivity contribution in [2.45, 2.75) is 58.0 Å². The van der Waals surface area contributed by atoms with Crippen LogP contribution in [0.15, 0.2) is 17.0 Å². The third-order valence-electron chi connectivity index (χ3n) is 5.67. The van der Waals surface area contributed by atoms with Gasteiger partial charge in [0.1, 0.15) is 5.75 Å². The predicted octanol–water partition coefficient (Wildman–Crippen LogP) is 2.28.